The van der Waals surface area contributed by atoms with Crippen LogP contribution in [0, 0.1) is 0 Å². The van der Waals surface area contributed by atoms with Crippen LogP contribution >= 0.6 is 0 Å². The summed E-state index contributed by atoms with van der Waals surface area (Å²) in [7, 11) is 0. The Balaban J connectivity index is 2.04. The zero-order valence-electron chi connectivity index (χ0n) is 12.9. The molecule has 21 heavy (non-hydrogen) atoms. The summed E-state index contributed by atoms with van der Waals surface area (Å²) in [4.78, 5) is 14.5. The molecule has 1 aromatic rings. The average molecular weight is 290 g/mol. The predicted molar refractivity (Wildman–Crippen MR) is 82.4 cm³/mol. The molecule has 5 nitrogen and oxygen atoms in total. The van der Waals surface area contributed by atoms with Crippen LogP contribution in [0.3, 0.4) is 0 Å². The van der Waals surface area contributed by atoms with Crippen LogP contribution in [-0.4, -0.2) is 31.2 Å². The number of carbonyl (C=O) groups is 1. The topological polar surface area (TPSA) is 50.8 Å². The summed E-state index contributed by atoms with van der Waals surface area (Å²) in [6.07, 6.45) is 2.03. The molecule has 0 atom stereocenters. The molecule has 2 aliphatic rings. The number of unbranched alkanes of at least 4 members (excludes halogenated alkanes) is 1. The van der Waals surface area contributed by atoms with Crippen LogP contribution in [0.25, 0.3) is 0 Å². The van der Waals surface area contributed by atoms with Crippen molar-refractivity contribution in [2.24, 2.45) is 0 Å². The lowest BCUT2D eigenvalue weighted by molar-refractivity contribution is -0.122. The number of anilines is 2. The summed E-state index contributed by atoms with van der Waals surface area (Å²) < 4.78 is 11.3. The van der Waals surface area contributed by atoms with E-state index in [-0.39, 0.29) is 5.91 Å². The van der Waals surface area contributed by atoms with E-state index in [0.717, 1.165) is 42.3 Å². The molecule has 1 N–H and O–H groups in total. The van der Waals surface area contributed by atoms with Crippen molar-refractivity contribution in [3.8, 4) is 11.5 Å². The Morgan fingerprint density at radius 3 is 2.57 bits per heavy atom. The third-order valence-electron chi connectivity index (χ3n) is 3.91. The molecule has 0 aromatic heterocycles. The second kappa shape index (κ2) is 5.13. The largest absolute Gasteiger partial charge is 0.486 e. The van der Waals surface area contributed by atoms with E-state index in [1.54, 1.807) is 0 Å². The van der Waals surface area contributed by atoms with E-state index in [1.165, 1.54) is 0 Å². The van der Waals surface area contributed by atoms with Gasteiger partial charge in [0, 0.05) is 18.7 Å². The number of carbonyl (C=O) groups excluding carboxylic acids is 1. The van der Waals surface area contributed by atoms with Crippen molar-refractivity contribution in [1.29, 1.82) is 0 Å². The molecule has 0 aliphatic carbocycles. The minimum atomic E-state index is -0.607. The van der Waals surface area contributed by atoms with Crippen LogP contribution in [0.1, 0.15) is 33.6 Å². The van der Waals surface area contributed by atoms with Crippen molar-refractivity contribution in [2.75, 3.05) is 30.0 Å². The highest BCUT2D eigenvalue weighted by Crippen LogP contribution is 2.44. The van der Waals surface area contributed by atoms with Crippen LogP contribution < -0.4 is 19.7 Å². The molecule has 1 aromatic carbocycles. The summed E-state index contributed by atoms with van der Waals surface area (Å²) in [6.45, 7) is 7.79. The molecule has 2 heterocycles. The van der Waals surface area contributed by atoms with Gasteiger partial charge in [-0.3, -0.25) is 4.79 Å². The van der Waals surface area contributed by atoms with Crippen molar-refractivity contribution < 1.29 is 14.3 Å². The number of ether oxygens (including phenoxy) is 2. The van der Waals surface area contributed by atoms with E-state index in [4.69, 9.17) is 9.47 Å². The number of benzene rings is 1. The highest BCUT2D eigenvalue weighted by molar-refractivity contribution is 6.07. The summed E-state index contributed by atoms with van der Waals surface area (Å²) in [5.41, 5.74) is 1.21. The van der Waals surface area contributed by atoms with Crippen LogP contribution in [-0.2, 0) is 4.79 Å². The third kappa shape index (κ3) is 2.41. The smallest absolute Gasteiger partial charge is 0.252 e. The Morgan fingerprint density at radius 2 is 1.90 bits per heavy atom. The summed E-state index contributed by atoms with van der Waals surface area (Å²) in [5.74, 6) is 1.56. The lowest BCUT2D eigenvalue weighted by Gasteiger charge is -2.40. The van der Waals surface area contributed by atoms with Gasteiger partial charge in [0.1, 0.15) is 18.8 Å². The van der Waals surface area contributed by atoms with Crippen molar-refractivity contribution in [3.05, 3.63) is 12.1 Å². The Morgan fingerprint density at radius 1 is 1.24 bits per heavy atom. The number of amides is 1. The normalized spacial score (nSPS) is 19.0. The maximum Gasteiger partial charge on any atom is 0.252 e. The van der Waals surface area contributed by atoms with Gasteiger partial charge < -0.3 is 19.7 Å². The number of nitrogens with one attached hydrogen (secondary N) is 1. The molecular weight excluding hydrogens is 268 g/mol. The molecule has 5 heteroatoms. The molecule has 0 saturated heterocycles. The number of rotatable bonds is 3. The second-order valence-electron chi connectivity index (χ2n) is 6.07. The molecule has 0 fully saturated rings. The monoisotopic (exact) mass is 290 g/mol. The Labute approximate surface area is 125 Å². The summed E-state index contributed by atoms with van der Waals surface area (Å²) in [5, 5.41) is 3.32. The van der Waals surface area contributed by atoms with Gasteiger partial charge >= 0.3 is 0 Å². The minimum absolute atomic E-state index is 0.0973. The van der Waals surface area contributed by atoms with Crippen molar-refractivity contribution >= 4 is 17.3 Å². The highest BCUT2D eigenvalue weighted by atomic mass is 16.6. The summed E-state index contributed by atoms with van der Waals surface area (Å²) >= 11 is 0. The van der Waals surface area contributed by atoms with Gasteiger partial charge in [-0.2, -0.15) is 0 Å². The molecule has 0 spiro atoms. The minimum Gasteiger partial charge on any atom is -0.486 e. The predicted octanol–water partition coefficient (Wildman–Crippen LogP) is 2.80. The quantitative estimate of drug-likeness (QED) is 0.930. The van der Waals surface area contributed by atoms with Crippen molar-refractivity contribution in [2.45, 2.75) is 39.2 Å². The third-order valence-corrected chi connectivity index (χ3v) is 3.91. The van der Waals surface area contributed by atoms with Crippen LogP contribution in [0.5, 0.6) is 11.5 Å². The first kappa shape index (κ1) is 14.0. The fourth-order valence-corrected chi connectivity index (χ4v) is 2.78. The number of hydrogen-bond acceptors (Lipinski definition) is 4. The maximum atomic E-state index is 12.7. The fraction of sp³-hybridized carbons (Fsp3) is 0.562. The van der Waals surface area contributed by atoms with E-state index >= 15 is 0 Å². The molecule has 2 aliphatic heterocycles. The molecular formula is C16H22N2O3. The lowest BCUT2D eigenvalue weighted by atomic mass is 9.97. The van der Waals surface area contributed by atoms with Gasteiger partial charge in [0.15, 0.2) is 11.5 Å². The van der Waals surface area contributed by atoms with Crippen LogP contribution in [0.15, 0.2) is 12.1 Å². The van der Waals surface area contributed by atoms with Crippen molar-refractivity contribution in [3.63, 3.8) is 0 Å². The van der Waals surface area contributed by atoms with Crippen LogP contribution in [0.2, 0.25) is 0 Å². The van der Waals surface area contributed by atoms with E-state index < -0.39 is 5.54 Å². The lowest BCUT2D eigenvalue weighted by Crippen LogP contribution is -2.54. The van der Waals surface area contributed by atoms with Gasteiger partial charge in [-0.15, -0.1) is 0 Å². The Hall–Kier alpha value is -1.91. The average Bonchev–Trinajstić information content (AvgIpc) is 2.46. The molecule has 0 radical (unpaired) electrons. The zero-order valence-corrected chi connectivity index (χ0v) is 12.9. The van der Waals surface area contributed by atoms with Gasteiger partial charge in [-0.05, 0) is 20.3 Å². The van der Waals surface area contributed by atoms with Crippen LogP contribution in [0.4, 0.5) is 11.4 Å². The first-order chi connectivity index (χ1) is 10.0. The maximum absolute atomic E-state index is 12.7. The molecule has 1 amide bonds. The summed E-state index contributed by atoms with van der Waals surface area (Å²) in [6, 6.07) is 3.86. The number of hydrogen-bond donors (Lipinski definition) is 1. The molecule has 0 saturated carbocycles. The molecule has 114 valence electrons. The van der Waals surface area contributed by atoms with Gasteiger partial charge in [0.05, 0.1) is 11.4 Å². The Bertz CT molecular complexity index is 569. The fourth-order valence-electron chi connectivity index (χ4n) is 2.78. The second-order valence-corrected chi connectivity index (χ2v) is 6.07. The number of fused-ring (bicyclic) bond motifs is 2. The first-order valence-corrected chi connectivity index (χ1v) is 7.56. The van der Waals surface area contributed by atoms with Gasteiger partial charge in [-0.25, -0.2) is 0 Å². The van der Waals surface area contributed by atoms with E-state index in [0.29, 0.717) is 13.2 Å². The molecule has 3 rings (SSSR count). The highest BCUT2D eigenvalue weighted by Gasteiger charge is 2.39. The van der Waals surface area contributed by atoms with E-state index in [9.17, 15) is 4.79 Å². The Kier molecular flexibility index (Phi) is 3.43. The SMILES string of the molecule is CCCCN1C(=O)C(C)(C)Nc2cc3c(cc21)OCCO3. The van der Waals surface area contributed by atoms with E-state index in [2.05, 4.69) is 12.2 Å². The first-order valence-electron chi connectivity index (χ1n) is 7.56. The molecule has 0 bridgehead atoms. The number of nitrogens with zero attached hydrogens (tertiary/aromatic N) is 1. The van der Waals surface area contributed by atoms with E-state index in [1.807, 2.05) is 30.9 Å². The van der Waals surface area contributed by atoms with Gasteiger partial charge in [-0.1, -0.05) is 13.3 Å². The molecule has 0 unspecified atom stereocenters. The van der Waals surface area contributed by atoms with Gasteiger partial charge in [0.25, 0.3) is 5.91 Å². The zero-order chi connectivity index (χ0) is 15.0. The van der Waals surface area contributed by atoms with Crippen molar-refractivity contribution in [1.82, 2.24) is 0 Å². The van der Waals surface area contributed by atoms with Gasteiger partial charge in [0.2, 0.25) is 0 Å². The standard InChI is InChI=1S/C16H22N2O3/c1-4-5-6-18-12-10-14-13(20-7-8-21-14)9-11(12)17-16(2,3)15(18)19/h9-10,17H,4-8H2,1-3H3.